The minimum Gasteiger partial charge on any atom is -0.396 e. The van der Waals surface area contributed by atoms with Crippen molar-refractivity contribution in [1.82, 2.24) is 0 Å². The van der Waals surface area contributed by atoms with Crippen LogP contribution in [0.2, 0.25) is 0 Å². The number of aliphatic hydroxyl groups is 1. The zero-order chi connectivity index (χ0) is 11.6. The van der Waals surface area contributed by atoms with Crippen LogP contribution in [-0.2, 0) is 6.42 Å². The van der Waals surface area contributed by atoms with Crippen LogP contribution < -0.4 is 0 Å². The molecular weight excluding hydrogens is 271 g/mol. The van der Waals surface area contributed by atoms with Gasteiger partial charge in [0.05, 0.1) is 4.47 Å². The molecule has 1 fully saturated rings. The van der Waals surface area contributed by atoms with Crippen LogP contribution in [0.25, 0.3) is 0 Å². The van der Waals surface area contributed by atoms with Crippen molar-refractivity contribution in [3.63, 3.8) is 0 Å². The van der Waals surface area contributed by atoms with E-state index < -0.39 is 0 Å². The van der Waals surface area contributed by atoms with Crippen molar-refractivity contribution in [2.75, 3.05) is 6.61 Å². The highest BCUT2D eigenvalue weighted by Gasteiger charge is 2.33. The molecular formula is C13H16BrFO. The number of hydrogen-bond donors (Lipinski definition) is 1. The van der Waals surface area contributed by atoms with Crippen molar-refractivity contribution in [1.29, 1.82) is 0 Å². The normalized spacial score (nSPS) is 18.9. The third-order valence-electron chi connectivity index (χ3n) is 3.60. The molecule has 3 heteroatoms. The third-order valence-corrected chi connectivity index (χ3v) is 4.48. The van der Waals surface area contributed by atoms with Gasteiger partial charge in [-0.15, -0.1) is 0 Å². The van der Waals surface area contributed by atoms with E-state index in [1.807, 2.05) is 6.07 Å². The number of benzene rings is 1. The zero-order valence-corrected chi connectivity index (χ0v) is 10.8. The van der Waals surface area contributed by atoms with E-state index >= 15 is 0 Å². The molecule has 0 saturated heterocycles. The first-order chi connectivity index (χ1) is 7.67. The van der Waals surface area contributed by atoms with E-state index in [1.54, 1.807) is 6.07 Å². The Bertz CT molecular complexity index is 372. The topological polar surface area (TPSA) is 20.2 Å². The van der Waals surface area contributed by atoms with Crippen LogP contribution >= 0.6 is 15.9 Å². The Morgan fingerprint density at radius 1 is 1.31 bits per heavy atom. The van der Waals surface area contributed by atoms with Crippen molar-refractivity contribution in [2.24, 2.45) is 5.41 Å². The molecule has 16 heavy (non-hydrogen) atoms. The molecule has 0 atom stereocenters. The number of rotatable bonds is 3. The van der Waals surface area contributed by atoms with E-state index in [9.17, 15) is 9.50 Å². The predicted octanol–water partition coefficient (Wildman–Crippen LogP) is 3.68. The lowest BCUT2D eigenvalue weighted by Crippen LogP contribution is -2.24. The Hall–Kier alpha value is -0.410. The van der Waals surface area contributed by atoms with Gasteiger partial charge in [-0.25, -0.2) is 4.39 Å². The van der Waals surface area contributed by atoms with Crippen molar-refractivity contribution in [3.05, 3.63) is 34.1 Å². The first-order valence-electron chi connectivity index (χ1n) is 5.71. The van der Waals surface area contributed by atoms with Crippen LogP contribution in [0.1, 0.15) is 31.2 Å². The van der Waals surface area contributed by atoms with Gasteiger partial charge in [-0.2, -0.15) is 0 Å². The summed E-state index contributed by atoms with van der Waals surface area (Å²) in [6, 6.07) is 5.12. The van der Waals surface area contributed by atoms with Crippen LogP contribution in [0.15, 0.2) is 22.7 Å². The minimum absolute atomic E-state index is 0.0175. The molecule has 0 unspecified atom stereocenters. The lowest BCUT2D eigenvalue weighted by molar-refractivity contribution is 0.130. The Morgan fingerprint density at radius 2 is 2.00 bits per heavy atom. The lowest BCUT2D eigenvalue weighted by atomic mass is 9.81. The average molecular weight is 287 g/mol. The molecule has 2 rings (SSSR count). The molecule has 0 heterocycles. The van der Waals surface area contributed by atoms with Crippen LogP contribution in [0.3, 0.4) is 0 Å². The molecule has 0 radical (unpaired) electrons. The van der Waals surface area contributed by atoms with E-state index in [0.29, 0.717) is 4.47 Å². The largest absolute Gasteiger partial charge is 0.396 e. The highest BCUT2D eigenvalue weighted by molar-refractivity contribution is 9.10. The smallest absolute Gasteiger partial charge is 0.137 e. The van der Waals surface area contributed by atoms with Crippen molar-refractivity contribution in [2.45, 2.75) is 32.1 Å². The predicted molar refractivity (Wildman–Crippen MR) is 65.8 cm³/mol. The van der Waals surface area contributed by atoms with Gasteiger partial charge in [-0.05, 0) is 52.2 Å². The maximum absolute atomic E-state index is 13.4. The number of aliphatic hydroxyl groups excluding tert-OH is 1. The molecule has 1 aromatic rings. The first kappa shape index (κ1) is 12.1. The summed E-state index contributed by atoms with van der Waals surface area (Å²) in [6.45, 7) is 0.204. The Labute approximate surface area is 104 Å². The summed E-state index contributed by atoms with van der Waals surface area (Å²) in [4.78, 5) is 0. The number of halogens is 2. The van der Waals surface area contributed by atoms with Gasteiger partial charge in [0.2, 0.25) is 0 Å². The lowest BCUT2D eigenvalue weighted by Gasteiger charge is -2.27. The molecule has 0 aromatic heterocycles. The van der Waals surface area contributed by atoms with E-state index in [2.05, 4.69) is 15.9 Å². The molecule has 88 valence electrons. The van der Waals surface area contributed by atoms with Crippen LogP contribution in [-0.4, -0.2) is 11.7 Å². The summed E-state index contributed by atoms with van der Waals surface area (Å²) in [6.07, 6.45) is 5.21. The highest BCUT2D eigenvalue weighted by atomic mass is 79.9. The van der Waals surface area contributed by atoms with E-state index in [4.69, 9.17) is 0 Å². The molecule has 0 aliphatic heterocycles. The second-order valence-electron chi connectivity index (χ2n) is 4.75. The summed E-state index contributed by atoms with van der Waals surface area (Å²) in [5.74, 6) is -0.219. The molecule has 0 spiro atoms. The quantitative estimate of drug-likeness (QED) is 0.899. The van der Waals surface area contributed by atoms with Gasteiger partial charge >= 0.3 is 0 Å². The molecule has 1 aliphatic rings. The summed E-state index contributed by atoms with van der Waals surface area (Å²) >= 11 is 3.28. The second kappa shape index (κ2) is 4.84. The Balaban J connectivity index is 2.22. The van der Waals surface area contributed by atoms with Gasteiger partial charge in [0.25, 0.3) is 0 Å². The SMILES string of the molecule is OCC1(Cc2cccc(F)c2Br)CCCC1. The fourth-order valence-corrected chi connectivity index (χ4v) is 3.01. The molecule has 1 N–H and O–H groups in total. The van der Waals surface area contributed by atoms with Crippen molar-refractivity contribution in [3.8, 4) is 0 Å². The van der Waals surface area contributed by atoms with E-state index in [0.717, 1.165) is 24.8 Å². The summed E-state index contributed by atoms with van der Waals surface area (Å²) in [5, 5.41) is 9.53. The molecule has 1 saturated carbocycles. The van der Waals surface area contributed by atoms with Gasteiger partial charge in [0.15, 0.2) is 0 Å². The molecule has 0 bridgehead atoms. The Kier molecular flexibility index (Phi) is 3.65. The van der Waals surface area contributed by atoms with Gasteiger partial charge < -0.3 is 5.11 Å². The molecule has 0 amide bonds. The van der Waals surface area contributed by atoms with Gasteiger partial charge in [0, 0.05) is 6.61 Å². The minimum atomic E-state index is -0.219. The Morgan fingerprint density at radius 3 is 2.62 bits per heavy atom. The van der Waals surface area contributed by atoms with Gasteiger partial charge in [-0.3, -0.25) is 0 Å². The summed E-state index contributed by atoms with van der Waals surface area (Å²) in [7, 11) is 0. The second-order valence-corrected chi connectivity index (χ2v) is 5.55. The van der Waals surface area contributed by atoms with Crippen LogP contribution in [0, 0.1) is 11.2 Å². The van der Waals surface area contributed by atoms with Gasteiger partial charge in [0.1, 0.15) is 5.82 Å². The maximum atomic E-state index is 13.4. The summed E-state index contributed by atoms with van der Waals surface area (Å²) in [5.41, 5.74) is 0.951. The maximum Gasteiger partial charge on any atom is 0.137 e. The highest BCUT2D eigenvalue weighted by Crippen LogP contribution is 2.41. The van der Waals surface area contributed by atoms with E-state index in [1.165, 1.54) is 18.9 Å². The molecule has 1 nitrogen and oxygen atoms in total. The monoisotopic (exact) mass is 286 g/mol. The fraction of sp³-hybridized carbons (Fsp3) is 0.538. The fourth-order valence-electron chi connectivity index (χ4n) is 2.60. The molecule has 1 aromatic carbocycles. The average Bonchev–Trinajstić information content (AvgIpc) is 2.74. The number of hydrogen-bond acceptors (Lipinski definition) is 1. The first-order valence-corrected chi connectivity index (χ1v) is 6.50. The van der Waals surface area contributed by atoms with Crippen molar-refractivity contribution >= 4 is 15.9 Å². The van der Waals surface area contributed by atoms with Crippen molar-refractivity contribution < 1.29 is 9.50 Å². The molecule has 1 aliphatic carbocycles. The van der Waals surface area contributed by atoms with Gasteiger partial charge in [-0.1, -0.05) is 25.0 Å². The standard InChI is InChI=1S/C13H16BrFO/c14-12-10(4-3-5-11(12)15)8-13(9-16)6-1-2-7-13/h3-5,16H,1-2,6-9H2. The summed E-state index contributed by atoms with van der Waals surface area (Å²) < 4.78 is 13.9. The third kappa shape index (κ3) is 2.30. The van der Waals surface area contributed by atoms with Crippen LogP contribution in [0.5, 0.6) is 0 Å². The van der Waals surface area contributed by atoms with Crippen LogP contribution in [0.4, 0.5) is 4.39 Å². The zero-order valence-electron chi connectivity index (χ0n) is 9.18. The van der Waals surface area contributed by atoms with E-state index in [-0.39, 0.29) is 17.8 Å².